The van der Waals surface area contributed by atoms with Gasteiger partial charge in [0.2, 0.25) is 5.91 Å². The van der Waals surface area contributed by atoms with Crippen LogP contribution in [0.25, 0.3) is 0 Å². The van der Waals surface area contributed by atoms with Crippen molar-refractivity contribution in [3.63, 3.8) is 0 Å². The Kier molecular flexibility index (Phi) is 23.4. The van der Waals surface area contributed by atoms with Gasteiger partial charge < -0.3 is 29.0 Å². The Labute approximate surface area is 190 Å². The fourth-order valence-corrected chi connectivity index (χ4v) is 2.73. The lowest BCUT2D eigenvalue weighted by Crippen LogP contribution is -2.27. The van der Waals surface area contributed by atoms with Crippen LogP contribution in [-0.4, -0.2) is 77.5 Å². The number of nitrogens with one attached hydrogen (secondary N) is 1. The molecule has 1 unspecified atom stereocenters. The van der Waals surface area contributed by atoms with Crippen molar-refractivity contribution in [1.82, 2.24) is 5.32 Å². The van der Waals surface area contributed by atoms with Gasteiger partial charge in [-0.15, -0.1) is 0 Å². The molecule has 1 N–H and O–H groups in total. The van der Waals surface area contributed by atoms with Crippen LogP contribution in [0.1, 0.15) is 79.1 Å². The van der Waals surface area contributed by atoms with Crippen molar-refractivity contribution in [3.05, 3.63) is 0 Å². The quantitative estimate of drug-likeness (QED) is 0.224. The number of amides is 1. The summed E-state index contributed by atoms with van der Waals surface area (Å²) >= 11 is 0. The highest BCUT2D eigenvalue weighted by Gasteiger charge is 2.01. The lowest BCUT2D eigenvalue weighted by atomic mass is 10.1. The number of hydrogen-bond acceptors (Lipinski definition) is 6. The molecule has 0 aliphatic carbocycles. The molecule has 0 rings (SSSR count). The summed E-state index contributed by atoms with van der Waals surface area (Å²) in [7, 11) is 0. The Morgan fingerprint density at radius 3 is 1.84 bits per heavy atom. The minimum absolute atomic E-state index is 0.111. The maximum absolute atomic E-state index is 11.8. The summed E-state index contributed by atoms with van der Waals surface area (Å²) in [4.78, 5) is 11.8. The topological polar surface area (TPSA) is 75.3 Å². The molecule has 0 aromatic rings. The second kappa shape index (κ2) is 23.9. The summed E-state index contributed by atoms with van der Waals surface area (Å²) in [6.07, 6.45) is 9.04. The molecular weight excluding hydrogens is 398 g/mol. The standard InChI is InChI=1S/C24H49NO6/c1-5-23(4)31-21-20-29-19-18-28-17-16-27-15-13-25-24(26)12-10-8-6-7-9-11-14-30-22(2)3/h22-23H,5-21H2,1-4H3,(H,25,26). The fraction of sp³-hybridized carbons (Fsp3) is 0.958. The molecule has 186 valence electrons. The predicted molar refractivity (Wildman–Crippen MR) is 125 cm³/mol. The van der Waals surface area contributed by atoms with Crippen molar-refractivity contribution in [2.24, 2.45) is 0 Å². The van der Waals surface area contributed by atoms with E-state index in [1.807, 2.05) is 0 Å². The van der Waals surface area contributed by atoms with Crippen molar-refractivity contribution < 1.29 is 28.5 Å². The van der Waals surface area contributed by atoms with Gasteiger partial charge >= 0.3 is 0 Å². The number of carbonyl (C=O) groups is 1. The molecule has 0 aromatic heterocycles. The summed E-state index contributed by atoms with van der Waals surface area (Å²) in [5.74, 6) is 0.111. The van der Waals surface area contributed by atoms with Gasteiger partial charge in [-0.25, -0.2) is 0 Å². The van der Waals surface area contributed by atoms with Crippen LogP contribution in [0.3, 0.4) is 0 Å². The minimum atomic E-state index is 0.111. The van der Waals surface area contributed by atoms with Crippen molar-refractivity contribution in [1.29, 1.82) is 0 Å². The Morgan fingerprint density at radius 1 is 0.677 bits per heavy atom. The highest BCUT2D eigenvalue weighted by Crippen LogP contribution is 2.07. The zero-order chi connectivity index (χ0) is 23.0. The summed E-state index contributed by atoms with van der Waals surface area (Å²) in [5.41, 5.74) is 0. The van der Waals surface area contributed by atoms with Gasteiger partial charge in [0.15, 0.2) is 0 Å². The van der Waals surface area contributed by atoms with Gasteiger partial charge in [0.25, 0.3) is 0 Å². The van der Waals surface area contributed by atoms with Crippen LogP contribution < -0.4 is 5.32 Å². The van der Waals surface area contributed by atoms with Crippen molar-refractivity contribution in [3.8, 4) is 0 Å². The Bertz CT molecular complexity index is 381. The second-order valence-corrected chi connectivity index (χ2v) is 8.07. The summed E-state index contributed by atoms with van der Waals surface area (Å²) < 4.78 is 27.4. The zero-order valence-corrected chi connectivity index (χ0v) is 20.6. The first-order valence-electron chi connectivity index (χ1n) is 12.3. The molecule has 1 atom stereocenters. The minimum Gasteiger partial charge on any atom is -0.379 e. The number of hydrogen-bond donors (Lipinski definition) is 1. The van der Waals surface area contributed by atoms with Crippen molar-refractivity contribution >= 4 is 5.91 Å². The highest BCUT2D eigenvalue weighted by atomic mass is 16.6. The van der Waals surface area contributed by atoms with Crippen LogP contribution in [0.15, 0.2) is 0 Å². The molecule has 0 bridgehead atoms. The first-order valence-corrected chi connectivity index (χ1v) is 12.3. The zero-order valence-electron chi connectivity index (χ0n) is 20.6. The van der Waals surface area contributed by atoms with Gasteiger partial charge in [0.05, 0.1) is 58.5 Å². The van der Waals surface area contributed by atoms with E-state index in [4.69, 9.17) is 23.7 Å². The van der Waals surface area contributed by atoms with E-state index in [1.165, 1.54) is 19.3 Å². The molecule has 0 fully saturated rings. The SMILES string of the molecule is CCC(C)OCCOCCOCCOCCNC(=O)CCCCCCCCOC(C)C. The lowest BCUT2D eigenvalue weighted by Gasteiger charge is -2.11. The lowest BCUT2D eigenvalue weighted by molar-refractivity contribution is -0.121. The molecular formula is C24H49NO6. The van der Waals surface area contributed by atoms with E-state index in [1.54, 1.807) is 0 Å². The third kappa shape index (κ3) is 25.4. The van der Waals surface area contributed by atoms with E-state index in [-0.39, 0.29) is 12.0 Å². The third-order valence-electron chi connectivity index (χ3n) is 4.77. The predicted octanol–water partition coefficient (Wildman–Crippen LogP) is 4.12. The normalized spacial score (nSPS) is 12.4. The average Bonchev–Trinajstić information content (AvgIpc) is 2.75. The van der Waals surface area contributed by atoms with E-state index in [0.29, 0.717) is 65.3 Å². The largest absolute Gasteiger partial charge is 0.379 e. The van der Waals surface area contributed by atoms with Gasteiger partial charge in [0, 0.05) is 19.6 Å². The molecule has 31 heavy (non-hydrogen) atoms. The monoisotopic (exact) mass is 447 g/mol. The molecule has 0 saturated heterocycles. The van der Waals surface area contributed by atoms with Crippen molar-refractivity contribution in [2.75, 3.05) is 59.4 Å². The Hall–Kier alpha value is -0.730. The van der Waals surface area contributed by atoms with Crippen LogP contribution in [0.4, 0.5) is 0 Å². The molecule has 7 heteroatoms. The van der Waals surface area contributed by atoms with Crippen LogP contribution >= 0.6 is 0 Å². The Morgan fingerprint density at radius 2 is 1.23 bits per heavy atom. The molecule has 0 saturated carbocycles. The number of rotatable bonds is 24. The maximum Gasteiger partial charge on any atom is 0.220 e. The van der Waals surface area contributed by atoms with Gasteiger partial charge in [-0.2, -0.15) is 0 Å². The van der Waals surface area contributed by atoms with Crippen LogP contribution in [0.2, 0.25) is 0 Å². The van der Waals surface area contributed by atoms with Crippen LogP contribution in [-0.2, 0) is 28.5 Å². The molecule has 0 radical (unpaired) electrons. The van der Waals surface area contributed by atoms with Crippen LogP contribution in [0, 0.1) is 0 Å². The fourth-order valence-electron chi connectivity index (χ4n) is 2.73. The third-order valence-corrected chi connectivity index (χ3v) is 4.77. The number of unbranched alkanes of at least 4 members (excludes halogenated alkanes) is 5. The number of ether oxygens (including phenoxy) is 5. The summed E-state index contributed by atoms with van der Waals surface area (Å²) in [6, 6.07) is 0. The summed E-state index contributed by atoms with van der Waals surface area (Å²) in [6.45, 7) is 13.6. The van der Waals surface area contributed by atoms with E-state index >= 15 is 0 Å². The van der Waals surface area contributed by atoms with Gasteiger partial charge in [-0.1, -0.05) is 32.6 Å². The second-order valence-electron chi connectivity index (χ2n) is 8.07. The summed E-state index contributed by atoms with van der Waals surface area (Å²) in [5, 5.41) is 2.90. The van der Waals surface area contributed by atoms with E-state index in [0.717, 1.165) is 32.3 Å². The molecule has 0 heterocycles. The molecule has 0 aromatic carbocycles. The van der Waals surface area contributed by atoms with Gasteiger partial charge in [0.1, 0.15) is 0 Å². The Balaban J connectivity index is 3.18. The van der Waals surface area contributed by atoms with Gasteiger partial charge in [-0.3, -0.25) is 4.79 Å². The smallest absolute Gasteiger partial charge is 0.220 e. The molecule has 0 spiro atoms. The molecule has 0 aliphatic heterocycles. The highest BCUT2D eigenvalue weighted by molar-refractivity contribution is 5.75. The molecule has 7 nitrogen and oxygen atoms in total. The van der Waals surface area contributed by atoms with Crippen LogP contribution in [0.5, 0.6) is 0 Å². The molecule has 0 aliphatic rings. The average molecular weight is 448 g/mol. The first kappa shape index (κ1) is 30.3. The molecule has 1 amide bonds. The van der Waals surface area contributed by atoms with E-state index in [2.05, 4.69) is 33.0 Å². The maximum atomic E-state index is 11.8. The van der Waals surface area contributed by atoms with Gasteiger partial charge in [-0.05, 0) is 40.0 Å². The first-order chi connectivity index (χ1) is 15.1. The number of carbonyl (C=O) groups excluding carboxylic acids is 1. The van der Waals surface area contributed by atoms with E-state index in [9.17, 15) is 4.79 Å². The van der Waals surface area contributed by atoms with E-state index < -0.39 is 0 Å². The van der Waals surface area contributed by atoms with Crippen molar-refractivity contribution in [2.45, 2.75) is 91.3 Å².